The van der Waals surface area contributed by atoms with Crippen molar-refractivity contribution in [1.29, 1.82) is 0 Å². The first-order valence-electron chi connectivity index (χ1n) is 7.51. The maximum Gasteiger partial charge on any atom is 0.0472 e. The Labute approximate surface area is 136 Å². The van der Waals surface area contributed by atoms with Crippen LogP contribution in [0, 0.1) is 0 Å². The van der Waals surface area contributed by atoms with Gasteiger partial charge in [-0.15, -0.1) is 0 Å². The van der Waals surface area contributed by atoms with Crippen LogP contribution in [0.4, 0.5) is 22.7 Å². The largest absolute Gasteiger partial charge is 0.399 e. The van der Waals surface area contributed by atoms with E-state index in [1.54, 1.807) is 18.2 Å². The average molecular weight is 318 g/mol. The number of aliphatic hydroxyl groups excluding tert-OH is 2. The molecule has 0 aliphatic carbocycles. The van der Waals surface area contributed by atoms with Gasteiger partial charge in [0.15, 0.2) is 0 Å². The molecule has 0 fully saturated rings. The molecule has 0 saturated heterocycles. The van der Waals surface area contributed by atoms with E-state index in [2.05, 4.69) is 5.32 Å². The molecule has 2 rings (SSSR count). The summed E-state index contributed by atoms with van der Waals surface area (Å²) in [7, 11) is 0. The van der Waals surface area contributed by atoms with E-state index in [1.165, 1.54) is 0 Å². The minimum Gasteiger partial charge on any atom is -0.399 e. The van der Waals surface area contributed by atoms with Crippen LogP contribution in [0.5, 0.6) is 0 Å². The molecule has 9 N–H and O–H groups in total. The molecule has 2 aromatic carbocycles. The van der Waals surface area contributed by atoms with Crippen molar-refractivity contribution in [3.63, 3.8) is 0 Å². The summed E-state index contributed by atoms with van der Waals surface area (Å²) in [6.45, 7) is 1.12. The van der Waals surface area contributed by atoms with E-state index in [9.17, 15) is 0 Å². The Morgan fingerprint density at radius 3 is 2.09 bits per heavy atom. The van der Waals surface area contributed by atoms with Crippen molar-refractivity contribution in [3.8, 4) is 0 Å². The van der Waals surface area contributed by atoms with E-state index in [4.69, 9.17) is 27.4 Å². The molecular weight excluding hydrogens is 292 g/mol. The third-order valence-corrected chi connectivity index (χ3v) is 3.12. The zero-order chi connectivity index (χ0) is 17.1. The second-order valence-electron chi connectivity index (χ2n) is 5.06. The van der Waals surface area contributed by atoms with E-state index in [-0.39, 0.29) is 13.2 Å². The van der Waals surface area contributed by atoms with E-state index in [1.807, 2.05) is 24.3 Å². The molecular formula is C17H26N4O2. The summed E-state index contributed by atoms with van der Waals surface area (Å²) in [5, 5.41) is 20.3. The van der Waals surface area contributed by atoms with Crippen molar-refractivity contribution in [2.24, 2.45) is 0 Å². The molecule has 0 bridgehead atoms. The maximum absolute atomic E-state index is 8.64. The van der Waals surface area contributed by atoms with Crippen molar-refractivity contribution in [2.45, 2.75) is 12.8 Å². The van der Waals surface area contributed by atoms with Gasteiger partial charge in [-0.25, -0.2) is 0 Å². The van der Waals surface area contributed by atoms with E-state index >= 15 is 0 Å². The van der Waals surface area contributed by atoms with Crippen LogP contribution in [0.3, 0.4) is 0 Å². The number of nitrogens with two attached hydrogens (primary N) is 3. The first kappa shape index (κ1) is 18.6. The number of nitrogens with one attached hydrogen (secondary N) is 1. The smallest absolute Gasteiger partial charge is 0.0472 e. The molecule has 0 unspecified atom stereocenters. The number of rotatable bonds is 6. The molecule has 0 spiro atoms. The Hall–Kier alpha value is -2.44. The fourth-order valence-corrected chi connectivity index (χ4v) is 1.88. The molecule has 0 amide bonds. The fraction of sp³-hybridized carbons (Fsp3) is 0.294. The minimum absolute atomic E-state index is 0.105. The molecule has 126 valence electrons. The standard InChI is InChI=1S/C9H14N2O.C8H12N2O/c10-8-2-4-9(5-3-8)11-6-1-7-12;9-7-1-2-8(10)6(5-7)3-4-11/h2-5,11-12H,1,6-7,10H2;1-2,5,11H,3-4,9-10H2. The van der Waals surface area contributed by atoms with Gasteiger partial charge in [-0.3, -0.25) is 0 Å². The molecule has 6 heteroatoms. The Morgan fingerprint density at radius 2 is 1.48 bits per heavy atom. The number of benzene rings is 2. The number of aliphatic hydroxyl groups is 2. The van der Waals surface area contributed by atoms with Crippen molar-refractivity contribution in [1.82, 2.24) is 0 Å². The topological polar surface area (TPSA) is 131 Å². The van der Waals surface area contributed by atoms with Gasteiger partial charge in [0.25, 0.3) is 0 Å². The predicted octanol–water partition coefficient (Wildman–Crippen LogP) is 1.45. The van der Waals surface area contributed by atoms with Gasteiger partial charge in [0.1, 0.15) is 0 Å². The second kappa shape index (κ2) is 10.3. The summed E-state index contributed by atoms with van der Waals surface area (Å²) in [6, 6.07) is 12.8. The minimum atomic E-state index is 0.105. The van der Waals surface area contributed by atoms with Crippen LogP contribution in [0.2, 0.25) is 0 Å². The van der Waals surface area contributed by atoms with Crippen LogP contribution in [0.15, 0.2) is 42.5 Å². The fourth-order valence-electron chi connectivity index (χ4n) is 1.88. The Balaban J connectivity index is 0.000000231. The van der Waals surface area contributed by atoms with Crippen LogP contribution < -0.4 is 22.5 Å². The van der Waals surface area contributed by atoms with Crippen LogP contribution in [0.1, 0.15) is 12.0 Å². The first-order valence-corrected chi connectivity index (χ1v) is 7.51. The molecule has 23 heavy (non-hydrogen) atoms. The second-order valence-corrected chi connectivity index (χ2v) is 5.06. The molecule has 0 atom stereocenters. The van der Waals surface area contributed by atoms with Crippen LogP contribution in [-0.4, -0.2) is 30.0 Å². The van der Waals surface area contributed by atoms with Gasteiger partial charge >= 0.3 is 0 Å². The monoisotopic (exact) mass is 318 g/mol. The highest BCUT2D eigenvalue weighted by Crippen LogP contribution is 2.15. The molecule has 2 aromatic rings. The highest BCUT2D eigenvalue weighted by molar-refractivity contribution is 5.55. The van der Waals surface area contributed by atoms with E-state index in [0.29, 0.717) is 17.8 Å². The SMILES string of the molecule is Nc1ccc(N)c(CCO)c1.Nc1ccc(NCCCO)cc1. The van der Waals surface area contributed by atoms with Crippen molar-refractivity contribution >= 4 is 22.7 Å². The Bertz CT molecular complexity index is 573. The lowest BCUT2D eigenvalue weighted by molar-refractivity contribution is 0.292. The maximum atomic E-state index is 8.64. The molecule has 0 heterocycles. The summed E-state index contributed by atoms with van der Waals surface area (Å²) in [5.41, 5.74) is 20.7. The predicted molar refractivity (Wildman–Crippen MR) is 97.1 cm³/mol. The van der Waals surface area contributed by atoms with Gasteiger partial charge in [-0.2, -0.15) is 0 Å². The molecule has 0 saturated carbocycles. The first-order chi connectivity index (χ1) is 11.1. The molecule has 0 aromatic heterocycles. The van der Waals surface area contributed by atoms with Gasteiger partial charge in [-0.1, -0.05) is 0 Å². The zero-order valence-electron chi connectivity index (χ0n) is 13.2. The Kier molecular flexibility index (Phi) is 8.34. The van der Waals surface area contributed by atoms with Crippen molar-refractivity contribution in [3.05, 3.63) is 48.0 Å². The van der Waals surface area contributed by atoms with Crippen molar-refractivity contribution < 1.29 is 10.2 Å². The van der Waals surface area contributed by atoms with Crippen molar-refractivity contribution in [2.75, 3.05) is 42.3 Å². The van der Waals surface area contributed by atoms with Gasteiger partial charge in [0.05, 0.1) is 0 Å². The number of nitrogen functional groups attached to an aromatic ring is 3. The van der Waals surface area contributed by atoms with Crippen LogP contribution >= 0.6 is 0 Å². The van der Waals surface area contributed by atoms with Gasteiger partial charge in [0, 0.05) is 42.5 Å². The van der Waals surface area contributed by atoms with E-state index < -0.39 is 0 Å². The lowest BCUT2D eigenvalue weighted by Crippen LogP contribution is -2.03. The lowest BCUT2D eigenvalue weighted by atomic mass is 10.1. The summed E-state index contributed by atoms with van der Waals surface area (Å²) < 4.78 is 0. The normalized spacial score (nSPS) is 9.83. The summed E-state index contributed by atoms with van der Waals surface area (Å²) >= 11 is 0. The summed E-state index contributed by atoms with van der Waals surface area (Å²) in [5.74, 6) is 0. The van der Waals surface area contributed by atoms with E-state index in [0.717, 1.165) is 29.9 Å². The number of hydrogen-bond acceptors (Lipinski definition) is 6. The zero-order valence-corrected chi connectivity index (χ0v) is 13.2. The molecule has 6 nitrogen and oxygen atoms in total. The molecule has 0 radical (unpaired) electrons. The Morgan fingerprint density at radius 1 is 0.826 bits per heavy atom. The summed E-state index contributed by atoms with van der Waals surface area (Å²) in [4.78, 5) is 0. The number of hydrogen-bond donors (Lipinski definition) is 6. The molecule has 0 aliphatic rings. The van der Waals surface area contributed by atoms with Gasteiger partial charge in [0.2, 0.25) is 0 Å². The summed E-state index contributed by atoms with van der Waals surface area (Å²) in [6.07, 6.45) is 1.33. The average Bonchev–Trinajstić information content (AvgIpc) is 2.54. The highest BCUT2D eigenvalue weighted by atomic mass is 16.3. The molecule has 0 aliphatic heterocycles. The highest BCUT2D eigenvalue weighted by Gasteiger charge is 1.97. The number of anilines is 4. The quantitative estimate of drug-likeness (QED) is 0.353. The third kappa shape index (κ3) is 7.39. The van der Waals surface area contributed by atoms with Crippen LogP contribution in [-0.2, 0) is 6.42 Å². The lowest BCUT2D eigenvalue weighted by Gasteiger charge is -2.04. The van der Waals surface area contributed by atoms with Gasteiger partial charge < -0.3 is 32.7 Å². The van der Waals surface area contributed by atoms with Crippen LogP contribution in [0.25, 0.3) is 0 Å². The van der Waals surface area contributed by atoms with Gasteiger partial charge in [-0.05, 0) is 60.9 Å². The third-order valence-electron chi connectivity index (χ3n) is 3.12.